The maximum absolute atomic E-state index is 10.2. The number of rotatable bonds is 7. The number of nitrogens with two attached hydrogens (primary N) is 1. The van der Waals surface area contributed by atoms with Crippen molar-refractivity contribution in [3.8, 4) is 0 Å². The van der Waals surface area contributed by atoms with Crippen LogP contribution in [-0.4, -0.2) is 48.9 Å². The molecule has 1 aliphatic rings. The Morgan fingerprint density at radius 3 is 2.60 bits per heavy atom. The Balaban J connectivity index is 1.69. The molecule has 0 spiro atoms. The molecule has 0 aromatic heterocycles. The van der Waals surface area contributed by atoms with Gasteiger partial charge in [0.25, 0.3) is 0 Å². The zero-order valence-electron chi connectivity index (χ0n) is 12.1. The molecule has 0 amide bonds. The van der Waals surface area contributed by atoms with E-state index in [2.05, 4.69) is 4.90 Å². The summed E-state index contributed by atoms with van der Waals surface area (Å²) in [4.78, 5) is 2.32. The average molecular weight is 278 g/mol. The fraction of sp³-hybridized carbons (Fsp3) is 0.625. The highest BCUT2D eigenvalue weighted by Crippen LogP contribution is 2.18. The van der Waals surface area contributed by atoms with E-state index in [0.29, 0.717) is 19.2 Å². The molecule has 1 fully saturated rings. The van der Waals surface area contributed by atoms with Crippen molar-refractivity contribution in [3.05, 3.63) is 35.9 Å². The zero-order chi connectivity index (χ0) is 14.2. The van der Waals surface area contributed by atoms with Crippen molar-refractivity contribution >= 4 is 0 Å². The highest BCUT2D eigenvalue weighted by molar-refractivity contribution is 5.17. The number of nitrogens with zero attached hydrogens (tertiary/aromatic N) is 1. The lowest BCUT2D eigenvalue weighted by molar-refractivity contribution is -0.00247. The fourth-order valence-corrected chi connectivity index (χ4v) is 2.62. The van der Waals surface area contributed by atoms with Gasteiger partial charge in [0.05, 0.1) is 12.2 Å². The van der Waals surface area contributed by atoms with Crippen LogP contribution in [0.4, 0.5) is 0 Å². The van der Waals surface area contributed by atoms with Crippen LogP contribution in [0.15, 0.2) is 30.3 Å². The molecular formula is C16H26N2O2. The van der Waals surface area contributed by atoms with Gasteiger partial charge in [0, 0.05) is 26.2 Å². The number of aliphatic hydroxyl groups is 1. The Morgan fingerprint density at radius 2 is 1.95 bits per heavy atom. The monoisotopic (exact) mass is 278 g/mol. The summed E-state index contributed by atoms with van der Waals surface area (Å²) in [7, 11) is 0. The molecule has 1 unspecified atom stereocenters. The number of piperidine rings is 1. The largest absolute Gasteiger partial charge is 0.387 e. The molecule has 1 aromatic carbocycles. The minimum atomic E-state index is -0.397. The highest BCUT2D eigenvalue weighted by atomic mass is 16.5. The van der Waals surface area contributed by atoms with Gasteiger partial charge in [0.1, 0.15) is 0 Å². The third kappa shape index (κ3) is 4.87. The van der Waals surface area contributed by atoms with Gasteiger partial charge >= 0.3 is 0 Å². The molecule has 1 saturated heterocycles. The van der Waals surface area contributed by atoms with E-state index >= 15 is 0 Å². The Bertz CT molecular complexity index is 364. The summed E-state index contributed by atoms with van der Waals surface area (Å²) in [6.07, 6.45) is 3.00. The minimum Gasteiger partial charge on any atom is -0.387 e. The van der Waals surface area contributed by atoms with Gasteiger partial charge in [-0.15, -0.1) is 0 Å². The first-order chi connectivity index (χ1) is 9.79. The van der Waals surface area contributed by atoms with Crippen molar-refractivity contribution < 1.29 is 9.84 Å². The van der Waals surface area contributed by atoms with Gasteiger partial charge in [-0.2, -0.15) is 0 Å². The van der Waals surface area contributed by atoms with E-state index in [-0.39, 0.29) is 0 Å². The average Bonchev–Trinajstić information content (AvgIpc) is 2.50. The molecule has 4 heteroatoms. The van der Waals surface area contributed by atoms with E-state index in [1.54, 1.807) is 0 Å². The quantitative estimate of drug-likeness (QED) is 0.743. The van der Waals surface area contributed by atoms with Gasteiger partial charge < -0.3 is 20.5 Å². The molecule has 1 aromatic rings. The van der Waals surface area contributed by atoms with Crippen molar-refractivity contribution in [2.45, 2.75) is 31.5 Å². The van der Waals surface area contributed by atoms with Crippen LogP contribution in [0.2, 0.25) is 0 Å². The predicted molar refractivity (Wildman–Crippen MR) is 80.5 cm³/mol. The summed E-state index contributed by atoms with van der Waals surface area (Å²) < 4.78 is 5.79. The van der Waals surface area contributed by atoms with Gasteiger partial charge in [0.15, 0.2) is 0 Å². The molecule has 1 aliphatic heterocycles. The third-order valence-electron chi connectivity index (χ3n) is 3.85. The van der Waals surface area contributed by atoms with E-state index < -0.39 is 6.10 Å². The van der Waals surface area contributed by atoms with Crippen molar-refractivity contribution in [2.24, 2.45) is 5.73 Å². The number of β-amino-alcohol motifs (C(OH)–C–C–N with tert-alkyl or cyclic N) is 1. The SMILES string of the molecule is NCCCOC1CCN(CC(O)c2ccccc2)CC1. The molecule has 112 valence electrons. The van der Waals surface area contributed by atoms with Crippen molar-refractivity contribution in [3.63, 3.8) is 0 Å². The summed E-state index contributed by atoms with van der Waals surface area (Å²) in [5.41, 5.74) is 6.45. The van der Waals surface area contributed by atoms with Crippen LogP contribution in [0.3, 0.4) is 0 Å². The van der Waals surface area contributed by atoms with Crippen molar-refractivity contribution in [1.82, 2.24) is 4.90 Å². The second kappa shape index (κ2) is 8.37. The van der Waals surface area contributed by atoms with E-state index in [0.717, 1.165) is 44.5 Å². The molecule has 1 heterocycles. The van der Waals surface area contributed by atoms with Crippen molar-refractivity contribution in [1.29, 1.82) is 0 Å². The maximum Gasteiger partial charge on any atom is 0.0916 e. The van der Waals surface area contributed by atoms with E-state index in [4.69, 9.17) is 10.5 Å². The molecule has 0 saturated carbocycles. The lowest BCUT2D eigenvalue weighted by Crippen LogP contribution is -2.39. The van der Waals surface area contributed by atoms with Gasteiger partial charge in [-0.25, -0.2) is 0 Å². The Labute approximate surface area is 121 Å². The summed E-state index contributed by atoms with van der Waals surface area (Å²) in [5.74, 6) is 0. The number of benzene rings is 1. The number of likely N-dealkylation sites (tertiary alicyclic amines) is 1. The van der Waals surface area contributed by atoms with Crippen LogP contribution in [0.1, 0.15) is 30.9 Å². The topological polar surface area (TPSA) is 58.7 Å². The molecule has 0 radical (unpaired) electrons. The molecule has 0 aliphatic carbocycles. The number of hydrogen-bond donors (Lipinski definition) is 2. The first-order valence-corrected chi connectivity index (χ1v) is 7.56. The van der Waals surface area contributed by atoms with Crippen LogP contribution in [0.5, 0.6) is 0 Å². The van der Waals surface area contributed by atoms with E-state index in [1.165, 1.54) is 0 Å². The van der Waals surface area contributed by atoms with E-state index in [1.807, 2.05) is 30.3 Å². The number of aliphatic hydroxyl groups excluding tert-OH is 1. The molecule has 4 nitrogen and oxygen atoms in total. The first kappa shape index (κ1) is 15.4. The molecule has 20 heavy (non-hydrogen) atoms. The number of ether oxygens (including phenoxy) is 1. The van der Waals surface area contributed by atoms with Crippen LogP contribution < -0.4 is 5.73 Å². The van der Waals surface area contributed by atoms with Gasteiger partial charge in [-0.3, -0.25) is 0 Å². The molecule has 0 bridgehead atoms. The lowest BCUT2D eigenvalue weighted by Gasteiger charge is -2.33. The summed E-state index contributed by atoms with van der Waals surface area (Å²) >= 11 is 0. The second-order valence-corrected chi connectivity index (χ2v) is 5.44. The summed E-state index contributed by atoms with van der Waals surface area (Å²) in [5, 5.41) is 10.2. The summed E-state index contributed by atoms with van der Waals surface area (Å²) in [6, 6.07) is 9.87. The summed E-state index contributed by atoms with van der Waals surface area (Å²) in [6.45, 7) is 4.17. The Hall–Kier alpha value is -0.940. The second-order valence-electron chi connectivity index (χ2n) is 5.44. The Kier molecular flexibility index (Phi) is 6.47. The predicted octanol–water partition coefficient (Wildman–Crippen LogP) is 1.55. The smallest absolute Gasteiger partial charge is 0.0916 e. The maximum atomic E-state index is 10.2. The first-order valence-electron chi connectivity index (χ1n) is 7.56. The van der Waals surface area contributed by atoms with Crippen LogP contribution in [-0.2, 0) is 4.74 Å². The minimum absolute atomic E-state index is 0.367. The highest BCUT2D eigenvalue weighted by Gasteiger charge is 2.21. The molecular weight excluding hydrogens is 252 g/mol. The zero-order valence-corrected chi connectivity index (χ0v) is 12.1. The van der Waals surface area contributed by atoms with E-state index in [9.17, 15) is 5.11 Å². The molecule has 3 N–H and O–H groups in total. The normalized spacial score (nSPS) is 19.1. The molecule has 1 atom stereocenters. The number of hydrogen-bond acceptors (Lipinski definition) is 4. The van der Waals surface area contributed by atoms with Crippen molar-refractivity contribution in [2.75, 3.05) is 32.8 Å². The Morgan fingerprint density at radius 1 is 1.25 bits per heavy atom. The van der Waals surface area contributed by atoms with Gasteiger partial charge in [-0.05, 0) is 31.4 Å². The third-order valence-corrected chi connectivity index (χ3v) is 3.85. The van der Waals surface area contributed by atoms with Gasteiger partial charge in [0.2, 0.25) is 0 Å². The molecule has 2 rings (SSSR count). The standard InChI is InChI=1S/C16H26N2O2/c17-9-4-12-20-15-7-10-18(11-8-15)13-16(19)14-5-2-1-3-6-14/h1-3,5-6,15-16,19H,4,7-13,17H2. The fourth-order valence-electron chi connectivity index (χ4n) is 2.62. The van der Waals surface area contributed by atoms with Crippen LogP contribution >= 0.6 is 0 Å². The van der Waals surface area contributed by atoms with Crippen LogP contribution in [0.25, 0.3) is 0 Å². The lowest BCUT2D eigenvalue weighted by atomic mass is 10.1. The van der Waals surface area contributed by atoms with Crippen LogP contribution in [0, 0.1) is 0 Å². The van der Waals surface area contributed by atoms with Gasteiger partial charge in [-0.1, -0.05) is 30.3 Å².